The maximum absolute atomic E-state index is 11.0. The van der Waals surface area contributed by atoms with Gasteiger partial charge in [-0.15, -0.1) is 6.42 Å². The third kappa shape index (κ3) is 4.26. The molecule has 0 aliphatic carbocycles. The highest BCUT2D eigenvalue weighted by Crippen LogP contribution is 2.39. The molecular formula is C22H22O5S. The second-order valence-corrected chi connectivity index (χ2v) is 7.79. The van der Waals surface area contributed by atoms with Gasteiger partial charge in [-0.25, -0.2) is 0 Å². The van der Waals surface area contributed by atoms with E-state index < -0.39 is 30.0 Å². The van der Waals surface area contributed by atoms with E-state index in [9.17, 15) is 5.11 Å². The number of hydrogen-bond acceptors (Lipinski definition) is 6. The van der Waals surface area contributed by atoms with Crippen molar-refractivity contribution in [3.63, 3.8) is 0 Å². The summed E-state index contributed by atoms with van der Waals surface area (Å²) >= 11 is 1.49. The minimum atomic E-state index is -0.886. The standard InChI is InChI=1S/C22H22O5S/c1-2-13-24-20-18(23)19-17(26-22(20)28-16-11-7-4-8-12-16)14-25-21(27-19)15-9-5-3-6-10-15/h1,3-12,17-23H,13-14H2/t17-,18+,19-,20+,21-,22-/m1/s1. The van der Waals surface area contributed by atoms with Crippen LogP contribution in [-0.4, -0.2) is 48.2 Å². The molecule has 2 aromatic rings. The van der Waals surface area contributed by atoms with Gasteiger partial charge in [-0.05, 0) is 12.1 Å². The molecule has 2 aliphatic heterocycles. The van der Waals surface area contributed by atoms with E-state index in [4.69, 9.17) is 25.4 Å². The lowest BCUT2D eigenvalue weighted by Gasteiger charge is -2.47. The molecule has 0 unspecified atom stereocenters. The van der Waals surface area contributed by atoms with Crippen LogP contribution < -0.4 is 0 Å². The van der Waals surface area contributed by atoms with Gasteiger partial charge in [-0.1, -0.05) is 66.2 Å². The van der Waals surface area contributed by atoms with Gasteiger partial charge in [-0.3, -0.25) is 0 Å². The summed E-state index contributed by atoms with van der Waals surface area (Å²) in [6.07, 6.45) is 2.37. The van der Waals surface area contributed by atoms with Crippen LogP contribution in [0.1, 0.15) is 11.9 Å². The van der Waals surface area contributed by atoms with Gasteiger partial charge in [0.25, 0.3) is 0 Å². The molecule has 0 radical (unpaired) electrons. The van der Waals surface area contributed by atoms with Crippen molar-refractivity contribution in [1.29, 1.82) is 0 Å². The first kappa shape index (κ1) is 19.5. The van der Waals surface area contributed by atoms with E-state index in [1.165, 1.54) is 11.8 Å². The van der Waals surface area contributed by atoms with Gasteiger partial charge >= 0.3 is 0 Å². The van der Waals surface area contributed by atoms with Crippen LogP contribution in [0.25, 0.3) is 0 Å². The van der Waals surface area contributed by atoms with Gasteiger partial charge in [0.2, 0.25) is 0 Å². The number of fused-ring (bicyclic) bond motifs is 1. The first-order chi connectivity index (χ1) is 13.8. The van der Waals surface area contributed by atoms with Gasteiger partial charge in [0.1, 0.15) is 36.5 Å². The topological polar surface area (TPSA) is 57.2 Å². The fraction of sp³-hybridized carbons (Fsp3) is 0.364. The summed E-state index contributed by atoms with van der Waals surface area (Å²) in [5, 5.41) is 11.0. The van der Waals surface area contributed by atoms with E-state index >= 15 is 0 Å². The zero-order valence-corrected chi connectivity index (χ0v) is 16.0. The zero-order valence-electron chi connectivity index (χ0n) is 15.2. The summed E-state index contributed by atoms with van der Waals surface area (Å²) in [5.41, 5.74) is 0.475. The summed E-state index contributed by atoms with van der Waals surface area (Å²) in [6, 6.07) is 19.5. The molecule has 2 heterocycles. The first-order valence-electron chi connectivity index (χ1n) is 9.18. The average Bonchev–Trinajstić information content (AvgIpc) is 2.75. The quantitative estimate of drug-likeness (QED) is 0.782. The Labute approximate surface area is 168 Å². The second kappa shape index (κ2) is 9.10. The van der Waals surface area contributed by atoms with E-state index in [2.05, 4.69) is 5.92 Å². The van der Waals surface area contributed by atoms with Crippen molar-refractivity contribution in [2.24, 2.45) is 0 Å². The third-order valence-electron chi connectivity index (χ3n) is 4.74. The minimum absolute atomic E-state index is 0.0902. The summed E-state index contributed by atoms with van der Waals surface area (Å²) in [4.78, 5) is 1.02. The van der Waals surface area contributed by atoms with Crippen molar-refractivity contribution in [2.75, 3.05) is 13.2 Å². The van der Waals surface area contributed by atoms with Crippen LogP contribution >= 0.6 is 11.8 Å². The van der Waals surface area contributed by atoms with Crippen LogP contribution in [0.4, 0.5) is 0 Å². The van der Waals surface area contributed by atoms with Gasteiger partial charge in [0.05, 0.1) is 6.61 Å². The highest BCUT2D eigenvalue weighted by molar-refractivity contribution is 7.99. The maximum Gasteiger partial charge on any atom is 0.184 e. The van der Waals surface area contributed by atoms with Crippen LogP contribution in [-0.2, 0) is 18.9 Å². The van der Waals surface area contributed by atoms with Crippen molar-refractivity contribution in [2.45, 2.75) is 41.0 Å². The molecule has 2 fully saturated rings. The van der Waals surface area contributed by atoms with E-state index in [-0.39, 0.29) is 12.7 Å². The number of rotatable bonds is 5. The Morgan fingerprint density at radius 3 is 2.50 bits per heavy atom. The molecule has 5 nitrogen and oxygen atoms in total. The number of terminal acetylenes is 1. The number of ether oxygens (including phenoxy) is 4. The van der Waals surface area contributed by atoms with Crippen molar-refractivity contribution in [3.05, 3.63) is 66.2 Å². The highest BCUT2D eigenvalue weighted by atomic mass is 32.2. The average molecular weight is 398 g/mol. The third-order valence-corrected chi connectivity index (χ3v) is 5.89. The number of benzene rings is 2. The smallest absolute Gasteiger partial charge is 0.184 e. The van der Waals surface area contributed by atoms with Crippen molar-refractivity contribution >= 4 is 11.8 Å². The second-order valence-electron chi connectivity index (χ2n) is 6.62. The molecule has 4 rings (SSSR count). The predicted molar refractivity (Wildman–Crippen MR) is 106 cm³/mol. The number of aliphatic hydroxyl groups is 1. The molecule has 2 saturated heterocycles. The molecule has 0 bridgehead atoms. The first-order valence-corrected chi connectivity index (χ1v) is 10.1. The Bertz CT molecular complexity index is 794. The lowest BCUT2D eigenvalue weighted by molar-refractivity contribution is -0.321. The molecule has 6 heteroatoms. The van der Waals surface area contributed by atoms with Gasteiger partial charge in [-0.2, -0.15) is 0 Å². The SMILES string of the molecule is C#CCO[C@H]1[C@@H](O)[C@@H]2O[C@H](c3ccccc3)OC[C@H]2O[C@@H]1Sc1ccccc1. The van der Waals surface area contributed by atoms with E-state index in [0.717, 1.165) is 10.5 Å². The molecule has 28 heavy (non-hydrogen) atoms. The highest BCUT2D eigenvalue weighted by Gasteiger charge is 2.50. The van der Waals surface area contributed by atoms with Crippen molar-refractivity contribution < 1.29 is 24.1 Å². The van der Waals surface area contributed by atoms with E-state index in [0.29, 0.717) is 6.61 Å². The normalized spacial score (nSPS) is 32.3. The summed E-state index contributed by atoms with van der Waals surface area (Å²) < 4.78 is 23.9. The molecule has 0 amide bonds. The lowest BCUT2D eigenvalue weighted by atomic mass is 9.98. The van der Waals surface area contributed by atoms with Crippen LogP contribution in [0.5, 0.6) is 0 Å². The molecule has 0 aromatic heterocycles. The van der Waals surface area contributed by atoms with E-state index in [1.54, 1.807) is 0 Å². The summed E-state index contributed by atoms with van der Waals surface area (Å²) in [5.74, 6) is 2.46. The number of thioether (sulfide) groups is 1. The van der Waals surface area contributed by atoms with Gasteiger partial charge in [0, 0.05) is 10.5 Å². The molecule has 0 saturated carbocycles. The molecule has 1 N–H and O–H groups in total. The van der Waals surface area contributed by atoms with Gasteiger partial charge < -0.3 is 24.1 Å². The lowest BCUT2D eigenvalue weighted by Crippen LogP contribution is -2.61. The summed E-state index contributed by atoms with van der Waals surface area (Å²) in [7, 11) is 0. The van der Waals surface area contributed by atoms with Crippen LogP contribution in [0.15, 0.2) is 65.6 Å². The van der Waals surface area contributed by atoms with Crippen LogP contribution in [0, 0.1) is 12.3 Å². The Balaban J connectivity index is 1.51. The molecule has 0 spiro atoms. The fourth-order valence-electron chi connectivity index (χ4n) is 3.40. The minimum Gasteiger partial charge on any atom is -0.387 e. The molecule has 146 valence electrons. The number of aliphatic hydroxyl groups excluding tert-OH is 1. The molecule has 2 aliphatic rings. The number of hydrogen-bond donors (Lipinski definition) is 1. The molecule has 2 aromatic carbocycles. The fourth-order valence-corrected chi connectivity index (χ4v) is 4.55. The Morgan fingerprint density at radius 1 is 1.07 bits per heavy atom. The summed E-state index contributed by atoms with van der Waals surface area (Å²) in [6.45, 7) is 0.419. The van der Waals surface area contributed by atoms with Crippen molar-refractivity contribution in [1.82, 2.24) is 0 Å². The molecule has 6 atom stereocenters. The van der Waals surface area contributed by atoms with Crippen LogP contribution in [0.2, 0.25) is 0 Å². The monoisotopic (exact) mass is 398 g/mol. The largest absolute Gasteiger partial charge is 0.387 e. The Hall–Kier alpha value is -1.85. The zero-order chi connectivity index (χ0) is 19.3. The van der Waals surface area contributed by atoms with E-state index in [1.807, 2.05) is 60.7 Å². The van der Waals surface area contributed by atoms with Crippen LogP contribution in [0.3, 0.4) is 0 Å². The Morgan fingerprint density at radius 2 is 1.79 bits per heavy atom. The van der Waals surface area contributed by atoms with Crippen molar-refractivity contribution in [3.8, 4) is 12.3 Å². The predicted octanol–water partition coefficient (Wildman–Crippen LogP) is 3.00. The molecular weight excluding hydrogens is 376 g/mol. The Kier molecular flexibility index (Phi) is 6.33. The van der Waals surface area contributed by atoms with Gasteiger partial charge in [0.15, 0.2) is 6.29 Å². The maximum atomic E-state index is 11.0.